The Morgan fingerprint density at radius 1 is 0.884 bits per heavy atom. The molecule has 5 rings (SSSR count). The van der Waals surface area contributed by atoms with Crippen molar-refractivity contribution in [2.75, 3.05) is 6.54 Å². The van der Waals surface area contributed by atoms with Crippen LogP contribution in [0, 0.1) is 5.82 Å². The monoisotopic (exact) mass is 578 g/mol. The molecule has 3 aromatic heterocycles. The lowest BCUT2D eigenvalue weighted by atomic mass is 10.00. The third-order valence-corrected chi connectivity index (χ3v) is 6.88. The van der Waals surface area contributed by atoms with Crippen LogP contribution in [0.4, 0.5) is 4.39 Å². The number of amides is 2. The highest BCUT2D eigenvalue weighted by atomic mass is 19.1. The van der Waals surface area contributed by atoms with Gasteiger partial charge in [0.25, 0.3) is 11.8 Å². The van der Waals surface area contributed by atoms with E-state index in [1.165, 1.54) is 16.8 Å². The molecule has 0 aliphatic heterocycles. The molecule has 0 aliphatic carbocycles. The number of hydrogen-bond acceptors (Lipinski definition) is 6. The van der Waals surface area contributed by atoms with Crippen LogP contribution in [0.5, 0.6) is 0 Å². The Balaban J connectivity index is 1.30. The number of aromatic nitrogens is 4. The van der Waals surface area contributed by atoms with E-state index in [0.717, 1.165) is 11.3 Å². The SMILES string of the molecule is O=C(NC(Cc1ccccc1)C(O)C(=O)NCCCc1ccccn1)c1cccnc1-n1ccc(-c2ccc(F)cc2)n1. The quantitative estimate of drug-likeness (QED) is 0.193. The van der Waals surface area contributed by atoms with Gasteiger partial charge in [-0.2, -0.15) is 5.10 Å². The Hall–Kier alpha value is -5.22. The summed E-state index contributed by atoms with van der Waals surface area (Å²) in [5.41, 5.74) is 3.25. The van der Waals surface area contributed by atoms with Crippen LogP contribution in [0.2, 0.25) is 0 Å². The number of carbonyl (C=O) groups excluding carboxylic acids is 2. The average molecular weight is 579 g/mol. The van der Waals surface area contributed by atoms with Gasteiger partial charge in [-0.15, -0.1) is 0 Å². The van der Waals surface area contributed by atoms with Crippen molar-refractivity contribution in [3.63, 3.8) is 0 Å². The second-order valence-corrected chi connectivity index (χ2v) is 9.96. The van der Waals surface area contributed by atoms with Crippen molar-refractivity contribution in [2.24, 2.45) is 0 Å². The lowest BCUT2D eigenvalue weighted by Gasteiger charge is -2.24. The summed E-state index contributed by atoms with van der Waals surface area (Å²) in [5, 5.41) is 21.2. The fourth-order valence-electron chi connectivity index (χ4n) is 4.64. The number of nitrogens with one attached hydrogen (secondary N) is 2. The number of nitrogens with zero attached hydrogens (tertiary/aromatic N) is 4. The molecule has 3 N–H and O–H groups in total. The van der Waals surface area contributed by atoms with Gasteiger partial charge in [-0.05, 0) is 79.4 Å². The van der Waals surface area contributed by atoms with Gasteiger partial charge in [0.15, 0.2) is 11.9 Å². The number of aliphatic hydroxyl groups is 1. The van der Waals surface area contributed by atoms with Gasteiger partial charge in [0.2, 0.25) is 0 Å². The molecule has 0 spiro atoms. The largest absolute Gasteiger partial charge is 0.381 e. The maximum absolute atomic E-state index is 13.6. The van der Waals surface area contributed by atoms with Gasteiger partial charge in [-0.3, -0.25) is 14.6 Å². The standard InChI is InChI=1S/C33H31FN6O3/c34-25-15-13-24(14-16-25)28-17-21-40(39-28)31-27(12-7-19-36-31)32(42)38-29(22-23-8-2-1-3-9-23)30(41)33(43)37-20-6-11-26-10-4-5-18-35-26/h1-5,7-10,12-19,21,29-30,41H,6,11,20,22H2,(H,37,43)(H,38,42). The van der Waals surface area contributed by atoms with Crippen molar-refractivity contribution in [3.05, 3.63) is 132 Å². The van der Waals surface area contributed by atoms with Crippen LogP contribution in [-0.4, -0.2) is 55.4 Å². The van der Waals surface area contributed by atoms with Gasteiger partial charge in [0, 0.05) is 36.4 Å². The van der Waals surface area contributed by atoms with E-state index >= 15 is 0 Å². The first-order valence-corrected chi connectivity index (χ1v) is 14.0. The van der Waals surface area contributed by atoms with Crippen molar-refractivity contribution in [1.29, 1.82) is 0 Å². The number of halogens is 1. The first-order chi connectivity index (χ1) is 21.0. The Kier molecular flexibility index (Phi) is 9.60. The third kappa shape index (κ3) is 7.75. The highest BCUT2D eigenvalue weighted by Crippen LogP contribution is 2.20. The molecule has 218 valence electrons. The number of rotatable bonds is 12. The fraction of sp³-hybridized carbons (Fsp3) is 0.182. The van der Waals surface area contributed by atoms with Crippen LogP contribution in [0.25, 0.3) is 17.1 Å². The first-order valence-electron chi connectivity index (χ1n) is 14.0. The smallest absolute Gasteiger partial charge is 0.255 e. The predicted octanol–water partition coefficient (Wildman–Crippen LogP) is 3.92. The molecule has 2 unspecified atom stereocenters. The Morgan fingerprint density at radius 2 is 1.65 bits per heavy atom. The summed E-state index contributed by atoms with van der Waals surface area (Å²) in [6, 6.07) is 25.0. The van der Waals surface area contributed by atoms with E-state index < -0.39 is 24.0 Å². The average Bonchev–Trinajstić information content (AvgIpc) is 3.54. The number of aryl methyl sites for hydroxylation is 1. The highest BCUT2D eigenvalue weighted by molar-refractivity contribution is 5.97. The molecule has 0 radical (unpaired) electrons. The van der Waals surface area contributed by atoms with Gasteiger partial charge in [-0.1, -0.05) is 36.4 Å². The first kappa shape index (κ1) is 29.3. The summed E-state index contributed by atoms with van der Waals surface area (Å²) in [7, 11) is 0. The van der Waals surface area contributed by atoms with E-state index in [0.29, 0.717) is 30.6 Å². The summed E-state index contributed by atoms with van der Waals surface area (Å²) in [5.74, 6) is -1.19. The Labute approximate surface area is 248 Å². The van der Waals surface area contributed by atoms with Crippen LogP contribution < -0.4 is 10.6 Å². The third-order valence-electron chi connectivity index (χ3n) is 6.88. The molecular formula is C33H31FN6O3. The Morgan fingerprint density at radius 3 is 2.42 bits per heavy atom. The molecule has 0 aliphatic rings. The van der Waals surface area contributed by atoms with Gasteiger partial charge in [0.05, 0.1) is 17.3 Å². The predicted molar refractivity (Wildman–Crippen MR) is 160 cm³/mol. The maximum atomic E-state index is 13.6. The van der Waals surface area contributed by atoms with E-state index in [1.54, 1.807) is 48.9 Å². The van der Waals surface area contributed by atoms with Crippen molar-refractivity contribution in [1.82, 2.24) is 30.4 Å². The molecule has 10 heteroatoms. The number of pyridine rings is 2. The van der Waals surface area contributed by atoms with Crippen molar-refractivity contribution in [3.8, 4) is 17.1 Å². The molecule has 9 nitrogen and oxygen atoms in total. The van der Waals surface area contributed by atoms with E-state index in [-0.39, 0.29) is 23.6 Å². The normalized spacial score (nSPS) is 12.3. The van der Waals surface area contributed by atoms with Crippen molar-refractivity contribution >= 4 is 11.8 Å². The second kappa shape index (κ2) is 14.1. The molecule has 0 saturated heterocycles. The minimum Gasteiger partial charge on any atom is -0.381 e. The molecule has 43 heavy (non-hydrogen) atoms. The minimum atomic E-state index is -1.51. The van der Waals surface area contributed by atoms with Gasteiger partial charge >= 0.3 is 0 Å². The number of hydrogen-bond donors (Lipinski definition) is 3. The molecule has 2 atom stereocenters. The van der Waals surface area contributed by atoms with E-state index in [1.807, 2.05) is 48.5 Å². The summed E-state index contributed by atoms with van der Waals surface area (Å²) < 4.78 is 14.8. The molecule has 2 amide bonds. The number of carbonyl (C=O) groups is 2. The van der Waals surface area contributed by atoms with Gasteiger partial charge in [-0.25, -0.2) is 14.1 Å². The molecule has 0 fully saturated rings. The van der Waals surface area contributed by atoms with Gasteiger partial charge < -0.3 is 15.7 Å². The highest BCUT2D eigenvalue weighted by Gasteiger charge is 2.29. The minimum absolute atomic E-state index is 0.206. The van der Waals surface area contributed by atoms with Crippen LogP contribution in [0.1, 0.15) is 28.0 Å². The molecule has 0 saturated carbocycles. The zero-order valence-electron chi connectivity index (χ0n) is 23.3. The van der Waals surface area contributed by atoms with Gasteiger partial charge in [0.1, 0.15) is 5.82 Å². The molecule has 0 bridgehead atoms. The number of aliphatic hydroxyl groups excluding tert-OH is 1. The lowest BCUT2D eigenvalue weighted by Crippen LogP contribution is -2.52. The molecule has 2 aromatic carbocycles. The topological polar surface area (TPSA) is 122 Å². The van der Waals surface area contributed by atoms with Crippen LogP contribution in [0.15, 0.2) is 110 Å². The second-order valence-electron chi connectivity index (χ2n) is 9.96. The van der Waals surface area contributed by atoms with Crippen LogP contribution >= 0.6 is 0 Å². The molecule has 3 heterocycles. The van der Waals surface area contributed by atoms with Crippen molar-refractivity contribution in [2.45, 2.75) is 31.4 Å². The Bertz CT molecular complexity index is 1640. The zero-order chi connectivity index (χ0) is 30.0. The van der Waals surface area contributed by atoms with Crippen LogP contribution in [-0.2, 0) is 17.6 Å². The molecule has 5 aromatic rings. The van der Waals surface area contributed by atoms with E-state index in [4.69, 9.17) is 0 Å². The summed E-state index contributed by atoms with van der Waals surface area (Å²) >= 11 is 0. The summed E-state index contributed by atoms with van der Waals surface area (Å²) in [6.07, 6.45) is 4.97. The molecular weight excluding hydrogens is 547 g/mol. The maximum Gasteiger partial charge on any atom is 0.255 e. The number of benzene rings is 2. The fourth-order valence-corrected chi connectivity index (χ4v) is 4.64. The summed E-state index contributed by atoms with van der Waals surface area (Å²) in [6.45, 7) is 0.348. The van der Waals surface area contributed by atoms with Crippen LogP contribution in [0.3, 0.4) is 0 Å². The van der Waals surface area contributed by atoms with E-state index in [2.05, 4.69) is 25.7 Å². The van der Waals surface area contributed by atoms with Crippen molar-refractivity contribution < 1.29 is 19.1 Å². The summed E-state index contributed by atoms with van der Waals surface area (Å²) in [4.78, 5) is 35.2. The zero-order valence-corrected chi connectivity index (χ0v) is 23.3. The lowest BCUT2D eigenvalue weighted by molar-refractivity contribution is -0.130. The van der Waals surface area contributed by atoms with E-state index in [9.17, 15) is 19.1 Å².